The number of likely N-dealkylation sites (tertiary alicyclic amines) is 1. The average Bonchev–Trinajstić information content (AvgIpc) is 2.82. The summed E-state index contributed by atoms with van der Waals surface area (Å²) in [4.78, 5) is 33.5. The third-order valence-corrected chi connectivity index (χ3v) is 5.88. The van der Waals surface area contributed by atoms with Gasteiger partial charge in [0.1, 0.15) is 12.4 Å². The van der Waals surface area contributed by atoms with E-state index < -0.39 is 0 Å². The lowest BCUT2D eigenvalue weighted by Gasteiger charge is -2.30. The van der Waals surface area contributed by atoms with Crippen molar-refractivity contribution >= 4 is 29.1 Å². The van der Waals surface area contributed by atoms with Gasteiger partial charge in [-0.25, -0.2) is 0 Å². The molecular formula is C25H33ClN4O3. The van der Waals surface area contributed by atoms with Gasteiger partial charge in [0.2, 0.25) is 5.91 Å². The van der Waals surface area contributed by atoms with E-state index in [1.807, 2.05) is 30.9 Å². The first kappa shape index (κ1) is 24.8. The minimum Gasteiger partial charge on any atom is -0.492 e. The van der Waals surface area contributed by atoms with Crippen LogP contribution in [0.2, 0.25) is 5.02 Å². The van der Waals surface area contributed by atoms with Crippen molar-refractivity contribution in [2.75, 3.05) is 38.1 Å². The summed E-state index contributed by atoms with van der Waals surface area (Å²) in [5, 5.41) is 3.68. The Morgan fingerprint density at radius 3 is 2.58 bits per heavy atom. The normalized spacial score (nSPS) is 13.6. The lowest BCUT2D eigenvalue weighted by molar-refractivity contribution is -0.132. The molecule has 0 saturated carbocycles. The third kappa shape index (κ3) is 7.63. The summed E-state index contributed by atoms with van der Waals surface area (Å²) in [6.45, 7) is 6.93. The maximum absolute atomic E-state index is 13.3. The minimum atomic E-state index is -0.154. The number of hydrogen-bond acceptors (Lipinski definition) is 5. The maximum atomic E-state index is 13.3. The first-order chi connectivity index (χ1) is 15.9. The molecule has 0 unspecified atom stereocenters. The Morgan fingerprint density at radius 2 is 1.88 bits per heavy atom. The van der Waals surface area contributed by atoms with Crippen LogP contribution in [0.5, 0.6) is 5.75 Å². The SMILES string of the molecule is CC(C)N(CCC(=O)N1CCCCC1)C(=O)c1cc(Cl)cc(OCCNc2ccncc2)c1. The van der Waals surface area contributed by atoms with Crippen LogP contribution in [-0.4, -0.2) is 65.4 Å². The van der Waals surface area contributed by atoms with Crippen LogP contribution >= 0.6 is 11.6 Å². The Labute approximate surface area is 201 Å². The van der Waals surface area contributed by atoms with Gasteiger partial charge in [0.25, 0.3) is 5.91 Å². The van der Waals surface area contributed by atoms with E-state index in [-0.39, 0.29) is 17.9 Å². The Morgan fingerprint density at radius 1 is 1.15 bits per heavy atom. The zero-order valence-corrected chi connectivity index (χ0v) is 20.2. The standard InChI is InChI=1S/C25H33ClN4O3/c1-19(2)30(14-8-24(31)29-12-4-3-5-13-29)25(32)20-16-21(26)18-23(17-20)33-15-11-28-22-6-9-27-10-7-22/h6-7,9-10,16-19H,3-5,8,11-15H2,1-2H3,(H,27,28). The number of nitrogens with zero attached hydrogens (tertiary/aromatic N) is 3. The summed E-state index contributed by atoms with van der Waals surface area (Å²) >= 11 is 6.28. The molecule has 33 heavy (non-hydrogen) atoms. The Kier molecular flexibility index (Phi) is 9.36. The van der Waals surface area contributed by atoms with Gasteiger partial charge in [0.15, 0.2) is 0 Å². The monoisotopic (exact) mass is 472 g/mol. The number of halogens is 1. The van der Waals surface area contributed by atoms with Gasteiger partial charge in [-0.05, 0) is 63.4 Å². The smallest absolute Gasteiger partial charge is 0.254 e. The van der Waals surface area contributed by atoms with Crippen molar-refractivity contribution < 1.29 is 14.3 Å². The van der Waals surface area contributed by atoms with Gasteiger partial charge in [-0.1, -0.05) is 11.6 Å². The number of amides is 2. The second-order valence-electron chi connectivity index (χ2n) is 8.47. The third-order valence-electron chi connectivity index (χ3n) is 5.66. The average molecular weight is 473 g/mol. The predicted molar refractivity (Wildman–Crippen MR) is 131 cm³/mol. The lowest BCUT2D eigenvalue weighted by atomic mass is 10.1. The number of hydrogen-bond donors (Lipinski definition) is 1. The fraction of sp³-hybridized carbons (Fsp3) is 0.480. The predicted octanol–water partition coefficient (Wildman–Crippen LogP) is 4.48. The van der Waals surface area contributed by atoms with Gasteiger partial charge in [0, 0.05) is 67.3 Å². The van der Waals surface area contributed by atoms with Crippen LogP contribution in [0.3, 0.4) is 0 Å². The zero-order valence-electron chi connectivity index (χ0n) is 19.4. The molecule has 1 aliphatic rings. The Balaban J connectivity index is 1.57. The molecule has 1 fully saturated rings. The summed E-state index contributed by atoms with van der Waals surface area (Å²) in [5.74, 6) is 0.499. The van der Waals surface area contributed by atoms with Gasteiger partial charge >= 0.3 is 0 Å². The molecule has 2 aromatic rings. The molecule has 1 aromatic carbocycles. The molecule has 1 aliphatic heterocycles. The summed E-state index contributed by atoms with van der Waals surface area (Å²) < 4.78 is 5.82. The maximum Gasteiger partial charge on any atom is 0.254 e. The second kappa shape index (κ2) is 12.4. The molecule has 8 heteroatoms. The highest BCUT2D eigenvalue weighted by molar-refractivity contribution is 6.31. The fourth-order valence-electron chi connectivity index (χ4n) is 3.88. The van der Waals surface area contributed by atoms with E-state index in [0.717, 1.165) is 31.6 Å². The fourth-order valence-corrected chi connectivity index (χ4v) is 4.11. The molecule has 0 atom stereocenters. The molecule has 2 amide bonds. The van der Waals surface area contributed by atoms with Crippen LogP contribution in [0.15, 0.2) is 42.7 Å². The number of pyridine rings is 1. The van der Waals surface area contributed by atoms with E-state index in [2.05, 4.69) is 10.3 Å². The number of carbonyl (C=O) groups excluding carboxylic acids is 2. The number of piperidine rings is 1. The van der Waals surface area contributed by atoms with E-state index in [0.29, 0.717) is 42.5 Å². The van der Waals surface area contributed by atoms with Gasteiger partial charge in [0.05, 0.1) is 0 Å². The highest BCUT2D eigenvalue weighted by atomic mass is 35.5. The largest absolute Gasteiger partial charge is 0.492 e. The molecule has 1 saturated heterocycles. The lowest BCUT2D eigenvalue weighted by Crippen LogP contribution is -2.41. The number of carbonyl (C=O) groups is 2. The van der Waals surface area contributed by atoms with E-state index in [4.69, 9.17) is 16.3 Å². The van der Waals surface area contributed by atoms with Crippen LogP contribution in [0.25, 0.3) is 0 Å². The van der Waals surface area contributed by atoms with Crippen molar-refractivity contribution in [1.29, 1.82) is 0 Å². The molecule has 3 rings (SSSR count). The van der Waals surface area contributed by atoms with E-state index in [1.165, 1.54) is 6.42 Å². The van der Waals surface area contributed by atoms with Crippen molar-refractivity contribution in [1.82, 2.24) is 14.8 Å². The van der Waals surface area contributed by atoms with Gasteiger partial charge in [-0.15, -0.1) is 0 Å². The summed E-state index contributed by atoms with van der Waals surface area (Å²) in [6, 6.07) is 8.78. The topological polar surface area (TPSA) is 74.8 Å². The number of nitrogens with one attached hydrogen (secondary N) is 1. The Bertz CT molecular complexity index is 917. The van der Waals surface area contributed by atoms with Gasteiger partial charge in [-0.2, -0.15) is 0 Å². The second-order valence-corrected chi connectivity index (χ2v) is 8.91. The number of rotatable bonds is 10. The first-order valence-corrected chi connectivity index (χ1v) is 12.0. The van der Waals surface area contributed by atoms with Crippen molar-refractivity contribution in [2.24, 2.45) is 0 Å². The highest BCUT2D eigenvalue weighted by Crippen LogP contribution is 2.23. The zero-order chi connectivity index (χ0) is 23.6. The van der Waals surface area contributed by atoms with E-state index in [9.17, 15) is 9.59 Å². The summed E-state index contributed by atoms with van der Waals surface area (Å²) in [6.07, 6.45) is 7.06. The van der Waals surface area contributed by atoms with Crippen LogP contribution in [0.4, 0.5) is 5.69 Å². The molecular weight excluding hydrogens is 440 g/mol. The Hall–Kier alpha value is -2.80. The molecule has 178 valence electrons. The quantitative estimate of drug-likeness (QED) is 0.516. The van der Waals surface area contributed by atoms with Crippen molar-refractivity contribution in [3.8, 4) is 5.75 Å². The molecule has 0 radical (unpaired) electrons. The summed E-state index contributed by atoms with van der Waals surface area (Å²) in [7, 11) is 0. The highest BCUT2D eigenvalue weighted by Gasteiger charge is 2.23. The molecule has 0 aliphatic carbocycles. The summed E-state index contributed by atoms with van der Waals surface area (Å²) in [5.41, 5.74) is 1.42. The molecule has 2 heterocycles. The van der Waals surface area contributed by atoms with E-state index >= 15 is 0 Å². The number of anilines is 1. The van der Waals surface area contributed by atoms with Crippen molar-refractivity contribution in [2.45, 2.75) is 45.6 Å². The van der Waals surface area contributed by atoms with Crippen LogP contribution < -0.4 is 10.1 Å². The molecule has 0 spiro atoms. The number of ether oxygens (including phenoxy) is 1. The number of benzene rings is 1. The van der Waals surface area contributed by atoms with Crippen molar-refractivity contribution in [3.63, 3.8) is 0 Å². The van der Waals surface area contributed by atoms with Crippen LogP contribution in [0.1, 0.15) is 49.9 Å². The van der Waals surface area contributed by atoms with Crippen LogP contribution in [-0.2, 0) is 4.79 Å². The number of aromatic nitrogens is 1. The molecule has 0 bridgehead atoms. The van der Waals surface area contributed by atoms with Crippen molar-refractivity contribution in [3.05, 3.63) is 53.3 Å². The van der Waals surface area contributed by atoms with Gasteiger partial charge < -0.3 is 19.9 Å². The molecule has 7 nitrogen and oxygen atoms in total. The van der Waals surface area contributed by atoms with Gasteiger partial charge in [-0.3, -0.25) is 14.6 Å². The first-order valence-electron chi connectivity index (χ1n) is 11.6. The minimum absolute atomic E-state index is 0.0421. The van der Waals surface area contributed by atoms with Crippen LogP contribution in [0, 0.1) is 0 Å². The molecule has 1 N–H and O–H groups in total. The molecule has 1 aromatic heterocycles. The van der Waals surface area contributed by atoms with E-state index in [1.54, 1.807) is 35.5 Å².